The Morgan fingerprint density at radius 2 is 2.11 bits per heavy atom. The number of carbonyl (C=O) groups excluding carboxylic acids is 1. The third-order valence-electron chi connectivity index (χ3n) is 3.45. The molecule has 0 aliphatic carbocycles. The number of carboxylic acids is 1. The van der Waals surface area contributed by atoms with Gasteiger partial charge in [-0.1, -0.05) is 0 Å². The zero-order valence-corrected chi connectivity index (χ0v) is 11.3. The van der Waals surface area contributed by atoms with Gasteiger partial charge < -0.3 is 15.1 Å². The summed E-state index contributed by atoms with van der Waals surface area (Å²) in [6.07, 6.45) is 0.534. The van der Waals surface area contributed by atoms with Crippen LogP contribution < -0.4 is 0 Å². The van der Waals surface area contributed by atoms with Crippen molar-refractivity contribution in [2.24, 2.45) is 0 Å². The van der Waals surface area contributed by atoms with Gasteiger partial charge in [-0.15, -0.1) is 11.8 Å². The van der Waals surface area contributed by atoms with Gasteiger partial charge in [0, 0.05) is 12.3 Å². The molecule has 2 heterocycles. The molecular formula is C11H18N2O4S. The van der Waals surface area contributed by atoms with Gasteiger partial charge in [-0.25, -0.2) is 9.59 Å². The van der Waals surface area contributed by atoms with E-state index < -0.39 is 17.6 Å². The average molecular weight is 274 g/mol. The van der Waals surface area contributed by atoms with Crippen LogP contribution >= 0.6 is 11.8 Å². The Bertz CT molecular complexity index is 374. The fraction of sp³-hybridized carbons (Fsp3) is 0.818. The van der Waals surface area contributed by atoms with Crippen molar-refractivity contribution in [3.05, 3.63) is 0 Å². The molecule has 0 saturated carbocycles. The number of carbonyl (C=O) groups is 2. The summed E-state index contributed by atoms with van der Waals surface area (Å²) < 4.78 is 0. The number of carboxylic acid groups (broad SMARTS) is 1. The first-order valence-corrected chi connectivity index (χ1v) is 7.01. The normalized spacial score (nSPS) is 36.2. The second-order valence-corrected chi connectivity index (χ2v) is 6.49. The van der Waals surface area contributed by atoms with E-state index >= 15 is 0 Å². The molecule has 0 bridgehead atoms. The minimum atomic E-state index is -0.967. The smallest absolute Gasteiger partial charge is 0.327 e. The van der Waals surface area contributed by atoms with E-state index in [1.165, 1.54) is 16.7 Å². The maximum absolute atomic E-state index is 12.3. The van der Waals surface area contributed by atoms with Gasteiger partial charge in [0.2, 0.25) is 0 Å². The number of nitrogens with zero attached hydrogens (tertiary/aromatic N) is 2. The van der Waals surface area contributed by atoms with Crippen LogP contribution in [0.15, 0.2) is 0 Å². The molecule has 0 aromatic rings. The lowest BCUT2D eigenvalue weighted by Crippen LogP contribution is -2.51. The number of rotatable bonds is 1. The van der Waals surface area contributed by atoms with Crippen LogP contribution in [0.3, 0.4) is 0 Å². The van der Waals surface area contributed by atoms with E-state index in [2.05, 4.69) is 0 Å². The predicted octanol–water partition coefficient (Wildman–Crippen LogP) is 0.411. The Balaban J connectivity index is 2.10. The molecule has 0 aromatic carbocycles. The van der Waals surface area contributed by atoms with E-state index in [1.54, 1.807) is 11.8 Å². The van der Waals surface area contributed by atoms with Crippen LogP contribution in [0.5, 0.6) is 0 Å². The largest absolute Gasteiger partial charge is 0.480 e. The highest BCUT2D eigenvalue weighted by Crippen LogP contribution is 2.31. The highest BCUT2D eigenvalue weighted by molar-refractivity contribution is 8.00. The van der Waals surface area contributed by atoms with Crippen molar-refractivity contribution in [3.63, 3.8) is 0 Å². The summed E-state index contributed by atoms with van der Waals surface area (Å²) in [6.45, 7) is 4.27. The second-order valence-electron chi connectivity index (χ2n) is 5.15. The summed E-state index contributed by atoms with van der Waals surface area (Å²) in [4.78, 5) is 26.4. The monoisotopic (exact) mass is 274 g/mol. The Morgan fingerprint density at radius 3 is 2.61 bits per heavy atom. The third-order valence-corrected chi connectivity index (χ3v) is 4.67. The molecule has 102 valence electrons. The molecule has 2 amide bonds. The summed E-state index contributed by atoms with van der Waals surface area (Å²) >= 11 is 1.46. The summed E-state index contributed by atoms with van der Waals surface area (Å²) in [5.74, 6) is -0.543. The number of urea groups is 1. The van der Waals surface area contributed by atoms with E-state index in [9.17, 15) is 14.7 Å². The highest BCUT2D eigenvalue weighted by atomic mass is 32.2. The minimum absolute atomic E-state index is 0.135. The molecule has 18 heavy (non-hydrogen) atoms. The molecule has 7 heteroatoms. The number of aliphatic hydroxyl groups is 1. The summed E-state index contributed by atoms with van der Waals surface area (Å²) in [5, 5.41) is 18.8. The minimum Gasteiger partial charge on any atom is -0.480 e. The van der Waals surface area contributed by atoms with E-state index in [0.717, 1.165) is 0 Å². The van der Waals surface area contributed by atoms with Crippen molar-refractivity contribution in [1.82, 2.24) is 9.80 Å². The van der Waals surface area contributed by atoms with Gasteiger partial charge in [0.05, 0.1) is 17.5 Å². The van der Waals surface area contributed by atoms with Crippen molar-refractivity contribution in [1.29, 1.82) is 0 Å². The summed E-state index contributed by atoms with van der Waals surface area (Å²) in [5.41, 5.74) is -0.857. The van der Waals surface area contributed by atoms with Crippen LogP contribution in [-0.4, -0.2) is 67.9 Å². The van der Waals surface area contributed by atoms with Gasteiger partial charge >= 0.3 is 12.0 Å². The SMILES string of the molecule is CC1SCC(C(=O)O)N1C(=O)N1CCC(C)(O)C1. The molecule has 0 radical (unpaired) electrons. The van der Waals surface area contributed by atoms with Crippen LogP contribution in [0.1, 0.15) is 20.3 Å². The summed E-state index contributed by atoms with van der Waals surface area (Å²) in [7, 11) is 0. The number of β-amino-alcohol motifs (C(OH)–C–C–N with tert-alkyl or cyclic N) is 1. The molecule has 6 nitrogen and oxygen atoms in total. The fourth-order valence-electron chi connectivity index (χ4n) is 2.40. The first kappa shape index (κ1) is 13.5. The van der Waals surface area contributed by atoms with Crippen LogP contribution in [0.2, 0.25) is 0 Å². The lowest BCUT2D eigenvalue weighted by molar-refractivity contribution is -0.141. The number of thioether (sulfide) groups is 1. The molecule has 2 aliphatic rings. The maximum atomic E-state index is 12.3. The molecule has 3 unspecified atom stereocenters. The van der Waals surface area contributed by atoms with Gasteiger partial charge in [0.1, 0.15) is 6.04 Å². The van der Waals surface area contributed by atoms with E-state index in [1.807, 2.05) is 6.92 Å². The molecule has 2 saturated heterocycles. The molecule has 2 aliphatic heterocycles. The molecule has 2 rings (SSSR count). The quantitative estimate of drug-likeness (QED) is 0.724. The fourth-order valence-corrected chi connectivity index (χ4v) is 3.56. The van der Waals surface area contributed by atoms with Crippen molar-refractivity contribution >= 4 is 23.8 Å². The lowest BCUT2D eigenvalue weighted by Gasteiger charge is -2.30. The number of hydrogen-bond donors (Lipinski definition) is 2. The van der Waals surface area contributed by atoms with Gasteiger partial charge in [0.15, 0.2) is 0 Å². The van der Waals surface area contributed by atoms with E-state index in [-0.39, 0.29) is 17.9 Å². The van der Waals surface area contributed by atoms with Gasteiger partial charge in [-0.2, -0.15) is 0 Å². The number of amides is 2. The average Bonchev–Trinajstić information content (AvgIpc) is 2.80. The van der Waals surface area contributed by atoms with E-state index in [4.69, 9.17) is 5.11 Å². The Hall–Kier alpha value is -0.950. The Labute approximate surface area is 110 Å². The van der Waals surface area contributed by atoms with Crippen LogP contribution in [0.4, 0.5) is 4.79 Å². The molecule has 0 spiro atoms. The zero-order valence-electron chi connectivity index (χ0n) is 10.5. The predicted molar refractivity (Wildman–Crippen MR) is 67.4 cm³/mol. The van der Waals surface area contributed by atoms with Crippen molar-refractivity contribution in [2.45, 2.75) is 37.3 Å². The van der Waals surface area contributed by atoms with Crippen molar-refractivity contribution in [2.75, 3.05) is 18.8 Å². The highest BCUT2D eigenvalue weighted by Gasteiger charge is 2.44. The van der Waals surface area contributed by atoms with Crippen LogP contribution in [0, 0.1) is 0 Å². The first-order chi connectivity index (χ1) is 8.32. The molecular weight excluding hydrogens is 256 g/mol. The van der Waals surface area contributed by atoms with Gasteiger partial charge in [0.25, 0.3) is 0 Å². The summed E-state index contributed by atoms with van der Waals surface area (Å²) in [6, 6.07) is -1.04. The van der Waals surface area contributed by atoms with Gasteiger partial charge in [-0.3, -0.25) is 4.90 Å². The van der Waals surface area contributed by atoms with Crippen molar-refractivity contribution < 1.29 is 19.8 Å². The zero-order chi connectivity index (χ0) is 13.5. The lowest BCUT2D eigenvalue weighted by atomic mass is 10.1. The number of aliphatic carboxylic acids is 1. The molecule has 2 N–H and O–H groups in total. The van der Waals surface area contributed by atoms with Crippen LogP contribution in [0.25, 0.3) is 0 Å². The van der Waals surface area contributed by atoms with Crippen molar-refractivity contribution in [3.8, 4) is 0 Å². The Morgan fingerprint density at radius 1 is 1.44 bits per heavy atom. The first-order valence-electron chi connectivity index (χ1n) is 5.96. The Kier molecular flexibility index (Phi) is 3.46. The number of hydrogen-bond acceptors (Lipinski definition) is 4. The molecule has 0 aromatic heterocycles. The standard InChI is InChI=1S/C11H18N2O4S/c1-7-13(8(5-18-7)9(14)15)10(16)12-4-3-11(2,17)6-12/h7-8,17H,3-6H2,1-2H3,(H,14,15). The van der Waals surface area contributed by atoms with Crippen LogP contribution in [-0.2, 0) is 4.79 Å². The topological polar surface area (TPSA) is 81.1 Å². The molecule has 2 fully saturated rings. The second kappa shape index (κ2) is 4.62. The third kappa shape index (κ3) is 2.42. The maximum Gasteiger partial charge on any atom is 0.327 e. The number of likely N-dealkylation sites (tertiary alicyclic amines) is 1. The van der Waals surface area contributed by atoms with Gasteiger partial charge in [-0.05, 0) is 20.3 Å². The van der Waals surface area contributed by atoms with E-state index in [0.29, 0.717) is 18.7 Å². The molecule has 3 atom stereocenters.